The molecule has 0 aliphatic carbocycles. The minimum absolute atomic E-state index is 0.00589. The molecule has 144 valence electrons. The number of furan rings is 1. The van der Waals surface area contributed by atoms with Gasteiger partial charge in [0.05, 0.1) is 5.56 Å². The number of hydrogen-bond acceptors (Lipinski definition) is 8. The van der Waals surface area contributed by atoms with Gasteiger partial charge in [-0.1, -0.05) is 0 Å². The summed E-state index contributed by atoms with van der Waals surface area (Å²) in [7, 11) is 0. The Morgan fingerprint density at radius 2 is 1.96 bits per heavy atom. The zero-order valence-corrected chi connectivity index (χ0v) is 16.5. The van der Waals surface area contributed by atoms with Crippen molar-refractivity contribution in [1.29, 1.82) is 0 Å². The Balaban J connectivity index is 1.66. The lowest BCUT2D eigenvalue weighted by molar-refractivity contribution is 0.302. The smallest absolute Gasteiger partial charge is 0.343 e. The van der Waals surface area contributed by atoms with Gasteiger partial charge in [-0.2, -0.15) is 0 Å². The van der Waals surface area contributed by atoms with E-state index in [2.05, 4.69) is 4.98 Å². The topological polar surface area (TPSA) is 109 Å². The predicted molar refractivity (Wildman–Crippen MR) is 107 cm³/mol. The number of benzene rings is 1. The van der Waals surface area contributed by atoms with Crippen molar-refractivity contribution in [3.8, 4) is 28.9 Å². The van der Waals surface area contributed by atoms with Crippen LogP contribution in [0.5, 0.6) is 17.4 Å². The lowest BCUT2D eigenvalue weighted by atomic mass is 10.1. The third-order valence-electron chi connectivity index (χ3n) is 4.33. The van der Waals surface area contributed by atoms with Gasteiger partial charge in [-0.3, -0.25) is 0 Å². The molecule has 0 spiro atoms. The molecule has 0 saturated carbocycles. The van der Waals surface area contributed by atoms with Gasteiger partial charge in [0, 0.05) is 10.9 Å². The molecule has 4 aromatic rings. The van der Waals surface area contributed by atoms with E-state index in [0.29, 0.717) is 31.5 Å². The first-order valence-corrected chi connectivity index (χ1v) is 9.47. The van der Waals surface area contributed by atoms with Gasteiger partial charge in [0.2, 0.25) is 5.88 Å². The molecule has 3 aromatic heterocycles. The molecule has 7 nitrogen and oxygen atoms in total. The molecule has 3 N–H and O–H groups in total. The molecule has 0 radical (unpaired) electrons. The monoisotopic (exact) mass is 417 g/mol. The molecule has 0 fully saturated rings. The quantitative estimate of drug-likeness (QED) is 0.410. The Hall–Kier alpha value is -3.04. The second-order valence-electron chi connectivity index (χ2n) is 6.20. The van der Waals surface area contributed by atoms with Crippen molar-refractivity contribution in [1.82, 2.24) is 4.98 Å². The minimum atomic E-state index is -0.615. The van der Waals surface area contributed by atoms with Gasteiger partial charge in [0.15, 0.2) is 15.5 Å². The average Bonchev–Trinajstić information content (AvgIpc) is 3.22. The fraction of sp³-hybridized carbons (Fsp3) is 0.158. The molecule has 3 heterocycles. The maximum absolute atomic E-state index is 11.9. The number of thiazole rings is 1. The van der Waals surface area contributed by atoms with Gasteiger partial charge >= 0.3 is 5.63 Å². The van der Waals surface area contributed by atoms with Crippen LogP contribution in [-0.4, -0.2) is 15.2 Å². The van der Waals surface area contributed by atoms with Gasteiger partial charge in [-0.25, -0.2) is 4.79 Å². The Kier molecular flexibility index (Phi) is 4.48. The standard InChI is InChI=1S/C19H15NO6S2/c1-8-15(21)9(2)18(23)26-16(8)13-6-10-5-11(3-4-12(10)25-13)24-7-14-17(22)20-19(27)28-14/h3-6,21-22H,7H2,1-2H3,(H,20,27). The molecule has 9 heteroatoms. The van der Waals surface area contributed by atoms with E-state index in [-0.39, 0.29) is 29.6 Å². The van der Waals surface area contributed by atoms with Crippen molar-refractivity contribution in [3.05, 3.63) is 54.6 Å². The summed E-state index contributed by atoms with van der Waals surface area (Å²) in [4.78, 5) is 15.1. The molecule has 0 aliphatic heterocycles. The summed E-state index contributed by atoms with van der Waals surface area (Å²) >= 11 is 6.23. The number of nitrogens with one attached hydrogen (secondary N) is 1. The molecule has 0 aliphatic rings. The van der Waals surface area contributed by atoms with E-state index in [9.17, 15) is 15.0 Å². The van der Waals surface area contributed by atoms with Crippen LogP contribution in [0, 0.1) is 17.8 Å². The lowest BCUT2D eigenvalue weighted by Gasteiger charge is -2.05. The van der Waals surface area contributed by atoms with Crippen LogP contribution in [0.3, 0.4) is 0 Å². The fourth-order valence-electron chi connectivity index (χ4n) is 2.79. The maximum Gasteiger partial charge on any atom is 0.343 e. The summed E-state index contributed by atoms with van der Waals surface area (Å²) in [5.74, 6) is 0.987. The van der Waals surface area contributed by atoms with Crippen molar-refractivity contribution in [2.45, 2.75) is 20.5 Å². The van der Waals surface area contributed by atoms with Crippen molar-refractivity contribution < 1.29 is 23.8 Å². The van der Waals surface area contributed by atoms with Crippen LogP contribution in [0.1, 0.15) is 16.0 Å². The molecule has 0 amide bonds. The zero-order chi connectivity index (χ0) is 20.0. The number of ether oxygens (including phenoxy) is 1. The van der Waals surface area contributed by atoms with E-state index in [1.54, 1.807) is 31.2 Å². The summed E-state index contributed by atoms with van der Waals surface area (Å²) in [5, 5.41) is 20.6. The number of aromatic nitrogens is 1. The predicted octanol–water partition coefficient (Wildman–Crippen LogP) is 4.78. The van der Waals surface area contributed by atoms with Gasteiger partial charge < -0.3 is 28.8 Å². The van der Waals surface area contributed by atoms with Crippen LogP contribution in [-0.2, 0) is 6.61 Å². The fourth-order valence-corrected chi connectivity index (χ4v) is 3.82. The number of aromatic amines is 1. The van der Waals surface area contributed by atoms with Crippen molar-refractivity contribution >= 4 is 34.5 Å². The van der Waals surface area contributed by atoms with E-state index in [1.165, 1.54) is 18.3 Å². The highest BCUT2D eigenvalue weighted by Gasteiger charge is 2.18. The van der Waals surface area contributed by atoms with Crippen LogP contribution < -0.4 is 10.4 Å². The van der Waals surface area contributed by atoms with Crippen molar-refractivity contribution in [2.75, 3.05) is 0 Å². The number of hydrogen-bond donors (Lipinski definition) is 3. The molecule has 4 rings (SSSR count). The Morgan fingerprint density at radius 1 is 1.18 bits per heavy atom. The highest BCUT2D eigenvalue weighted by atomic mass is 32.1. The largest absolute Gasteiger partial charge is 0.507 e. The van der Waals surface area contributed by atoms with E-state index < -0.39 is 5.63 Å². The normalized spacial score (nSPS) is 11.2. The van der Waals surface area contributed by atoms with Crippen LogP contribution in [0.25, 0.3) is 22.5 Å². The third-order valence-corrected chi connectivity index (χ3v) is 5.53. The van der Waals surface area contributed by atoms with E-state index in [1.807, 2.05) is 0 Å². The number of rotatable bonds is 4. The molecule has 1 aromatic carbocycles. The van der Waals surface area contributed by atoms with Crippen LogP contribution in [0.2, 0.25) is 0 Å². The zero-order valence-electron chi connectivity index (χ0n) is 14.9. The highest BCUT2D eigenvalue weighted by Crippen LogP contribution is 2.35. The van der Waals surface area contributed by atoms with Gasteiger partial charge in [-0.05, 0) is 50.3 Å². The van der Waals surface area contributed by atoms with Crippen molar-refractivity contribution in [3.63, 3.8) is 0 Å². The molecule has 28 heavy (non-hydrogen) atoms. The van der Waals surface area contributed by atoms with Gasteiger partial charge in [-0.15, -0.1) is 11.3 Å². The first-order chi connectivity index (χ1) is 13.3. The number of aromatic hydroxyl groups is 2. The van der Waals surface area contributed by atoms with E-state index in [4.69, 9.17) is 25.8 Å². The molecule has 0 saturated heterocycles. The summed E-state index contributed by atoms with van der Waals surface area (Å²) in [6.45, 7) is 3.32. The number of H-pyrrole nitrogens is 1. The first kappa shape index (κ1) is 18.3. The highest BCUT2D eigenvalue weighted by molar-refractivity contribution is 7.73. The molecule has 0 bridgehead atoms. The van der Waals surface area contributed by atoms with Crippen LogP contribution in [0.4, 0.5) is 0 Å². The second-order valence-corrected chi connectivity index (χ2v) is 7.97. The SMILES string of the molecule is Cc1c(-c2cc3cc(OCc4sc(=S)[nH]c4O)ccc3o2)oc(=O)c(C)c1O. The summed E-state index contributed by atoms with van der Waals surface area (Å²) in [6, 6.07) is 6.94. The Bertz CT molecular complexity index is 1310. The number of fused-ring (bicyclic) bond motifs is 1. The molecular formula is C19H15NO6S2. The third kappa shape index (κ3) is 3.19. The van der Waals surface area contributed by atoms with E-state index in [0.717, 1.165) is 5.39 Å². The molecule has 0 unspecified atom stereocenters. The second kappa shape index (κ2) is 6.84. The maximum atomic E-state index is 11.9. The summed E-state index contributed by atoms with van der Waals surface area (Å²) in [6.07, 6.45) is 0. The molecular weight excluding hydrogens is 402 g/mol. The minimum Gasteiger partial charge on any atom is -0.507 e. The Morgan fingerprint density at radius 3 is 2.68 bits per heavy atom. The lowest BCUT2D eigenvalue weighted by Crippen LogP contribution is -2.05. The first-order valence-electron chi connectivity index (χ1n) is 8.24. The summed E-state index contributed by atoms with van der Waals surface area (Å²) < 4.78 is 17.3. The van der Waals surface area contributed by atoms with Crippen molar-refractivity contribution in [2.24, 2.45) is 0 Å². The van der Waals surface area contributed by atoms with Crippen LogP contribution in [0.15, 0.2) is 37.9 Å². The van der Waals surface area contributed by atoms with Crippen LogP contribution >= 0.6 is 23.6 Å². The van der Waals surface area contributed by atoms with Gasteiger partial charge in [0.25, 0.3) is 0 Å². The Labute approximate surface area is 167 Å². The van der Waals surface area contributed by atoms with E-state index >= 15 is 0 Å². The summed E-state index contributed by atoms with van der Waals surface area (Å²) in [5.41, 5.74) is 0.544. The molecule has 0 atom stereocenters. The van der Waals surface area contributed by atoms with Gasteiger partial charge in [0.1, 0.15) is 28.6 Å². The average molecular weight is 417 g/mol.